The monoisotopic (exact) mass is 323 g/mol. The lowest BCUT2D eigenvalue weighted by Gasteiger charge is -2.19. The molecular formula is C16H22BrNO. The molecule has 1 aliphatic carbocycles. The van der Waals surface area contributed by atoms with Crippen molar-refractivity contribution >= 4 is 15.9 Å². The molecule has 1 aromatic carbocycles. The van der Waals surface area contributed by atoms with Crippen molar-refractivity contribution in [2.75, 3.05) is 6.54 Å². The van der Waals surface area contributed by atoms with Crippen LogP contribution in [-0.2, 0) is 6.42 Å². The van der Waals surface area contributed by atoms with Gasteiger partial charge in [-0.05, 0) is 36.6 Å². The topological polar surface area (TPSA) is 21.3 Å². The molecule has 1 aromatic rings. The Bertz CT molecular complexity index is 427. The Morgan fingerprint density at radius 2 is 1.95 bits per heavy atom. The van der Waals surface area contributed by atoms with Crippen LogP contribution >= 0.6 is 15.9 Å². The molecule has 1 unspecified atom stereocenters. The maximum Gasteiger partial charge on any atom is 0.123 e. The number of halogens is 1. The third-order valence-corrected chi connectivity index (χ3v) is 4.75. The predicted molar refractivity (Wildman–Crippen MR) is 81.8 cm³/mol. The van der Waals surface area contributed by atoms with Gasteiger partial charge in [-0.15, -0.1) is 0 Å². The Hall–Kier alpha value is -0.540. The second kappa shape index (κ2) is 6.27. The van der Waals surface area contributed by atoms with E-state index >= 15 is 0 Å². The normalized spacial score (nSPS) is 23.7. The van der Waals surface area contributed by atoms with E-state index in [4.69, 9.17) is 4.74 Å². The third-order valence-electron chi connectivity index (χ3n) is 4.25. The zero-order valence-corrected chi connectivity index (χ0v) is 12.9. The first-order valence-electron chi connectivity index (χ1n) is 7.50. The Morgan fingerprint density at radius 1 is 1.16 bits per heavy atom. The molecule has 1 aliphatic heterocycles. The van der Waals surface area contributed by atoms with E-state index in [0.717, 1.165) is 23.2 Å². The lowest BCUT2D eigenvalue weighted by molar-refractivity contribution is 0.219. The average molecular weight is 324 g/mol. The third kappa shape index (κ3) is 3.51. The van der Waals surface area contributed by atoms with Crippen LogP contribution < -0.4 is 10.1 Å². The Labute approximate surface area is 124 Å². The van der Waals surface area contributed by atoms with E-state index in [2.05, 4.69) is 39.4 Å². The Balaban J connectivity index is 1.50. The van der Waals surface area contributed by atoms with Gasteiger partial charge in [-0.3, -0.25) is 0 Å². The minimum absolute atomic E-state index is 0.313. The van der Waals surface area contributed by atoms with Gasteiger partial charge in [0.2, 0.25) is 0 Å². The number of ether oxygens (including phenoxy) is 1. The van der Waals surface area contributed by atoms with Crippen LogP contribution in [0.2, 0.25) is 0 Å². The van der Waals surface area contributed by atoms with Crippen LogP contribution in [0.1, 0.15) is 44.1 Å². The van der Waals surface area contributed by atoms with Gasteiger partial charge >= 0.3 is 0 Å². The molecule has 3 rings (SSSR count). The first-order valence-corrected chi connectivity index (χ1v) is 8.29. The molecule has 0 amide bonds. The summed E-state index contributed by atoms with van der Waals surface area (Å²) >= 11 is 3.52. The molecule has 0 bridgehead atoms. The van der Waals surface area contributed by atoms with Crippen molar-refractivity contribution in [3.8, 4) is 5.75 Å². The smallest absolute Gasteiger partial charge is 0.123 e. The second-order valence-corrected chi connectivity index (χ2v) is 6.71. The van der Waals surface area contributed by atoms with E-state index in [1.54, 1.807) is 0 Å². The summed E-state index contributed by atoms with van der Waals surface area (Å²) < 4.78 is 7.15. The van der Waals surface area contributed by atoms with Crippen molar-refractivity contribution in [2.45, 2.75) is 57.1 Å². The molecule has 0 radical (unpaired) electrons. The number of benzene rings is 1. The van der Waals surface area contributed by atoms with Gasteiger partial charge in [0.1, 0.15) is 11.9 Å². The first kappa shape index (κ1) is 13.4. The van der Waals surface area contributed by atoms with Gasteiger partial charge < -0.3 is 10.1 Å². The highest BCUT2D eigenvalue weighted by Crippen LogP contribution is 2.31. The summed E-state index contributed by atoms with van der Waals surface area (Å²) in [6, 6.07) is 7.02. The van der Waals surface area contributed by atoms with Crippen LogP contribution in [0, 0.1) is 0 Å². The molecule has 104 valence electrons. The quantitative estimate of drug-likeness (QED) is 0.847. The largest absolute Gasteiger partial charge is 0.488 e. The number of fused-ring (bicyclic) bond motifs is 1. The highest BCUT2D eigenvalue weighted by Gasteiger charge is 2.23. The van der Waals surface area contributed by atoms with E-state index < -0.39 is 0 Å². The summed E-state index contributed by atoms with van der Waals surface area (Å²) in [4.78, 5) is 0. The summed E-state index contributed by atoms with van der Waals surface area (Å²) in [5.74, 6) is 1.07. The molecule has 1 N–H and O–H groups in total. The zero-order valence-electron chi connectivity index (χ0n) is 11.3. The summed E-state index contributed by atoms with van der Waals surface area (Å²) in [5, 5.41) is 3.72. The zero-order chi connectivity index (χ0) is 13.1. The molecule has 3 heteroatoms. The summed E-state index contributed by atoms with van der Waals surface area (Å²) in [5.41, 5.74) is 1.34. The van der Waals surface area contributed by atoms with Gasteiger partial charge in [0.05, 0.1) is 0 Å². The van der Waals surface area contributed by atoms with Crippen molar-refractivity contribution < 1.29 is 4.74 Å². The van der Waals surface area contributed by atoms with E-state index in [-0.39, 0.29) is 0 Å². The van der Waals surface area contributed by atoms with Gasteiger partial charge in [-0.1, -0.05) is 41.6 Å². The molecule has 19 heavy (non-hydrogen) atoms. The van der Waals surface area contributed by atoms with Gasteiger partial charge in [0, 0.05) is 23.5 Å². The molecule has 0 saturated heterocycles. The van der Waals surface area contributed by atoms with E-state index in [1.165, 1.54) is 44.1 Å². The van der Waals surface area contributed by atoms with E-state index in [0.29, 0.717) is 12.1 Å². The lowest BCUT2D eigenvalue weighted by Crippen LogP contribution is -2.37. The van der Waals surface area contributed by atoms with Crippen LogP contribution in [0.25, 0.3) is 0 Å². The molecule has 0 spiro atoms. The van der Waals surface area contributed by atoms with Crippen molar-refractivity contribution in [3.63, 3.8) is 0 Å². The maximum atomic E-state index is 6.00. The highest BCUT2D eigenvalue weighted by molar-refractivity contribution is 9.10. The molecule has 1 atom stereocenters. The second-order valence-electron chi connectivity index (χ2n) is 5.79. The fourth-order valence-electron chi connectivity index (χ4n) is 3.18. The van der Waals surface area contributed by atoms with Crippen molar-refractivity contribution in [1.82, 2.24) is 5.32 Å². The van der Waals surface area contributed by atoms with Crippen LogP contribution in [-0.4, -0.2) is 18.7 Å². The molecule has 1 fully saturated rings. The lowest BCUT2D eigenvalue weighted by atomic mass is 10.1. The van der Waals surface area contributed by atoms with Crippen LogP contribution in [0.5, 0.6) is 5.75 Å². The minimum Gasteiger partial charge on any atom is -0.488 e. The van der Waals surface area contributed by atoms with E-state index in [9.17, 15) is 0 Å². The Morgan fingerprint density at radius 3 is 2.74 bits per heavy atom. The highest BCUT2D eigenvalue weighted by atomic mass is 79.9. The fourth-order valence-corrected chi connectivity index (χ4v) is 3.59. The number of hydrogen-bond donors (Lipinski definition) is 1. The Kier molecular flexibility index (Phi) is 4.44. The predicted octanol–water partition coefficient (Wildman–Crippen LogP) is 4.07. The number of hydrogen-bond acceptors (Lipinski definition) is 2. The number of nitrogens with one attached hydrogen (secondary N) is 1. The molecule has 1 heterocycles. The van der Waals surface area contributed by atoms with Crippen LogP contribution in [0.15, 0.2) is 22.7 Å². The van der Waals surface area contributed by atoms with Crippen molar-refractivity contribution in [2.24, 2.45) is 0 Å². The van der Waals surface area contributed by atoms with Gasteiger partial charge in [-0.25, -0.2) is 0 Å². The standard InChI is InChI=1S/C16H22BrNO/c17-13-7-8-16-12(9-13)10-15(19-16)11-18-14-5-3-1-2-4-6-14/h7-9,14-15,18H,1-6,10-11H2. The van der Waals surface area contributed by atoms with Crippen molar-refractivity contribution in [1.29, 1.82) is 0 Å². The summed E-state index contributed by atoms with van der Waals surface area (Å²) in [7, 11) is 0. The van der Waals surface area contributed by atoms with Gasteiger partial charge in [0.25, 0.3) is 0 Å². The summed E-state index contributed by atoms with van der Waals surface area (Å²) in [6.45, 7) is 0.983. The van der Waals surface area contributed by atoms with Crippen LogP contribution in [0.4, 0.5) is 0 Å². The fraction of sp³-hybridized carbons (Fsp3) is 0.625. The van der Waals surface area contributed by atoms with Gasteiger partial charge in [0.15, 0.2) is 0 Å². The first-order chi connectivity index (χ1) is 9.31. The van der Waals surface area contributed by atoms with Gasteiger partial charge in [-0.2, -0.15) is 0 Å². The molecular weight excluding hydrogens is 302 g/mol. The SMILES string of the molecule is Brc1ccc2c(c1)CC(CNC1CCCCCC1)O2. The molecule has 1 saturated carbocycles. The maximum absolute atomic E-state index is 6.00. The molecule has 2 aliphatic rings. The molecule has 0 aromatic heterocycles. The minimum atomic E-state index is 0.313. The summed E-state index contributed by atoms with van der Waals surface area (Å²) in [6.07, 6.45) is 9.62. The van der Waals surface area contributed by atoms with E-state index in [1.807, 2.05) is 0 Å². The number of rotatable bonds is 3. The van der Waals surface area contributed by atoms with Crippen LogP contribution in [0.3, 0.4) is 0 Å². The average Bonchev–Trinajstić information content (AvgIpc) is 2.63. The molecule has 2 nitrogen and oxygen atoms in total. The van der Waals surface area contributed by atoms with Crippen molar-refractivity contribution in [3.05, 3.63) is 28.2 Å².